The standard InChI is InChI=1S/C22H21N3O6/c1-13(2)19-22(28)23(17-12-14(25(29)30)8-9-18(17)31-19)10-5-11-24-20(26)15-6-3-4-7-16(15)21(24)27/h3-4,6-9,12-13,19H,5,10-11H2,1-2H3. The number of anilines is 1. The Hall–Kier alpha value is -3.75. The van der Waals surface area contributed by atoms with Gasteiger partial charge in [-0.25, -0.2) is 0 Å². The largest absolute Gasteiger partial charge is 0.478 e. The number of rotatable bonds is 6. The molecule has 9 nitrogen and oxygen atoms in total. The number of amides is 3. The van der Waals surface area contributed by atoms with E-state index in [0.717, 1.165) is 0 Å². The summed E-state index contributed by atoms with van der Waals surface area (Å²) < 4.78 is 5.79. The number of imide groups is 1. The van der Waals surface area contributed by atoms with E-state index < -0.39 is 11.0 Å². The fourth-order valence-corrected chi connectivity index (χ4v) is 3.87. The van der Waals surface area contributed by atoms with Crippen LogP contribution in [0.25, 0.3) is 0 Å². The Balaban J connectivity index is 1.54. The van der Waals surface area contributed by atoms with Gasteiger partial charge in [0.05, 0.1) is 21.7 Å². The predicted octanol–water partition coefficient (Wildman–Crippen LogP) is 3.03. The SMILES string of the molecule is CC(C)C1Oc2ccc([N+](=O)[O-])cc2N(CCCN2C(=O)c3ccccc3C2=O)C1=O. The quantitative estimate of drug-likeness (QED) is 0.401. The summed E-state index contributed by atoms with van der Waals surface area (Å²) in [5.74, 6) is -0.723. The number of nitrogens with zero attached hydrogens (tertiary/aromatic N) is 3. The van der Waals surface area contributed by atoms with Crippen LogP contribution in [0.3, 0.4) is 0 Å². The number of ether oxygens (including phenoxy) is 1. The number of hydrogen-bond acceptors (Lipinski definition) is 6. The van der Waals surface area contributed by atoms with Gasteiger partial charge in [0.2, 0.25) is 0 Å². The number of fused-ring (bicyclic) bond motifs is 2. The van der Waals surface area contributed by atoms with E-state index in [4.69, 9.17) is 4.74 Å². The van der Waals surface area contributed by atoms with Crippen molar-refractivity contribution in [1.82, 2.24) is 4.90 Å². The molecule has 160 valence electrons. The average Bonchev–Trinajstić information content (AvgIpc) is 2.99. The normalized spacial score (nSPS) is 17.6. The monoisotopic (exact) mass is 423 g/mol. The van der Waals surface area contributed by atoms with Gasteiger partial charge in [-0.1, -0.05) is 26.0 Å². The Labute approximate surface area is 178 Å². The van der Waals surface area contributed by atoms with E-state index >= 15 is 0 Å². The molecule has 2 aromatic rings. The maximum absolute atomic E-state index is 13.0. The number of benzene rings is 2. The minimum absolute atomic E-state index is 0.102. The zero-order chi connectivity index (χ0) is 22.3. The molecule has 2 aliphatic rings. The van der Waals surface area contributed by atoms with Gasteiger partial charge in [0, 0.05) is 25.2 Å². The van der Waals surface area contributed by atoms with E-state index in [1.165, 1.54) is 28.0 Å². The number of hydrogen-bond donors (Lipinski definition) is 0. The molecule has 0 N–H and O–H groups in total. The molecule has 31 heavy (non-hydrogen) atoms. The van der Waals surface area contributed by atoms with Crippen molar-refractivity contribution in [1.29, 1.82) is 0 Å². The van der Waals surface area contributed by atoms with E-state index in [0.29, 0.717) is 29.0 Å². The number of carbonyl (C=O) groups is 3. The average molecular weight is 423 g/mol. The zero-order valence-electron chi connectivity index (χ0n) is 17.1. The van der Waals surface area contributed by atoms with Gasteiger partial charge in [-0.15, -0.1) is 0 Å². The Morgan fingerprint density at radius 3 is 2.19 bits per heavy atom. The molecule has 0 fully saturated rings. The summed E-state index contributed by atoms with van der Waals surface area (Å²) in [4.78, 5) is 51.4. The van der Waals surface area contributed by atoms with Crippen molar-refractivity contribution in [3.05, 3.63) is 63.7 Å². The maximum atomic E-state index is 13.0. The Morgan fingerprint density at radius 1 is 1.00 bits per heavy atom. The number of nitro benzene ring substituents is 1. The second kappa shape index (κ2) is 7.82. The molecule has 4 rings (SSSR count). The van der Waals surface area contributed by atoms with Crippen LogP contribution in [0.1, 0.15) is 41.0 Å². The summed E-state index contributed by atoms with van der Waals surface area (Å²) in [5.41, 5.74) is 0.911. The molecule has 0 aromatic heterocycles. The maximum Gasteiger partial charge on any atom is 0.271 e. The second-order valence-electron chi connectivity index (χ2n) is 7.84. The minimum atomic E-state index is -0.715. The van der Waals surface area contributed by atoms with Crippen molar-refractivity contribution in [2.75, 3.05) is 18.0 Å². The van der Waals surface area contributed by atoms with Crippen LogP contribution in [-0.4, -0.2) is 46.7 Å². The van der Waals surface area contributed by atoms with Gasteiger partial charge < -0.3 is 9.64 Å². The summed E-state index contributed by atoms with van der Waals surface area (Å²) in [6.07, 6.45) is -0.391. The van der Waals surface area contributed by atoms with E-state index in [1.807, 2.05) is 13.8 Å². The first kappa shape index (κ1) is 20.5. The molecule has 2 aliphatic heterocycles. The van der Waals surface area contributed by atoms with Crippen molar-refractivity contribution in [3.63, 3.8) is 0 Å². The molecule has 3 amide bonds. The van der Waals surface area contributed by atoms with Crippen LogP contribution in [0.5, 0.6) is 5.75 Å². The molecule has 1 unspecified atom stereocenters. The van der Waals surface area contributed by atoms with Crippen LogP contribution in [0.4, 0.5) is 11.4 Å². The van der Waals surface area contributed by atoms with Crippen molar-refractivity contribution < 1.29 is 24.0 Å². The van der Waals surface area contributed by atoms with Crippen LogP contribution in [-0.2, 0) is 4.79 Å². The third-order valence-electron chi connectivity index (χ3n) is 5.45. The highest BCUT2D eigenvalue weighted by Gasteiger charge is 2.38. The predicted molar refractivity (Wildman–Crippen MR) is 111 cm³/mol. The lowest BCUT2D eigenvalue weighted by molar-refractivity contribution is -0.384. The molecule has 2 aromatic carbocycles. The molecule has 9 heteroatoms. The first-order valence-corrected chi connectivity index (χ1v) is 10.0. The van der Waals surface area contributed by atoms with E-state index in [1.54, 1.807) is 24.3 Å². The topological polar surface area (TPSA) is 110 Å². The van der Waals surface area contributed by atoms with Crippen LogP contribution >= 0.6 is 0 Å². The van der Waals surface area contributed by atoms with Gasteiger partial charge >= 0.3 is 0 Å². The minimum Gasteiger partial charge on any atom is -0.478 e. The molecule has 0 saturated heterocycles. The highest BCUT2D eigenvalue weighted by molar-refractivity contribution is 6.21. The molecule has 0 radical (unpaired) electrons. The van der Waals surface area contributed by atoms with Gasteiger partial charge in [0.1, 0.15) is 5.75 Å². The number of non-ortho nitro benzene ring substituents is 1. The lowest BCUT2D eigenvalue weighted by Gasteiger charge is -2.36. The number of nitro groups is 1. The van der Waals surface area contributed by atoms with Gasteiger partial charge in [-0.05, 0) is 30.5 Å². The fraction of sp³-hybridized carbons (Fsp3) is 0.318. The molecule has 0 saturated carbocycles. The molecule has 0 spiro atoms. The molecule has 0 bridgehead atoms. The van der Waals surface area contributed by atoms with Crippen molar-refractivity contribution >= 4 is 29.1 Å². The summed E-state index contributed by atoms with van der Waals surface area (Å²) in [6, 6.07) is 10.8. The van der Waals surface area contributed by atoms with Crippen LogP contribution in [0.15, 0.2) is 42.5 Å². The van der Waals surface area contributed by atoms with Crippen molar-refractivity contribution in [2.24, 2.45) is 5.92 Å². The van der Waals surface area contributed by atoms with Crippen LogP contribution < -0.4 is 9.64 Å². The first-order chi connectivity index (χ1) is 14.8. The Morgan fingerprint density at radius 2 is 1.61 bits per heavy atom. The Kier molecular flexibility index (Phi) is 5.18. The summed E-state index contributed by atoms with van der Waals surface area (Å²) in [6.45, 7) is 4.03. The van der Waals surface area contributed by atoms with E-state index in [2.05, 4.69) is 0 Å². The summed E-state index contributed by atoms with van der Waals surface area (Å²) in [7, 11) is 0. The second-order valence-corrected chi connectivity index (χ2v) is 7.84. The first-order valence-electron chi connectivity index (χ1n) is 10.0. The third kappa shape index (κ3) is 3.52. The van der Waals surface area contributed by atoms with E-state index in [-0.39, 0.29) is 42.4 Å². The Bertz CT molecular complexity index is 1060. The van der Waals surface area contributed by atoms with Crippen LogP contribution in [0, 0.1) is 16.0 Å². The van der Waals surface area contributed by atoms with Crippen LogP contribution in [0.2, 0.25) is 0 Å². The lowest BCUT2D eigenvalue weighted by atomic mass is 10.0. The van der Waals surface area contributed by atoms with Crippen molar-refractivity contribution in [2.45, 2.75) is 26.4 Å². The van der Waals surface area contributed by atoms with Crippen molar-refractivity contribution in [3.8, 4) is 5.75 Å². The number of carbonyl (C=O) groups excluding carboxylic acids is 3. The molecule has 2 heterocycles. The highest BCUT2D eigenvalue weighted by Crippen LogP contribution is 2.38. The van der Waals surface area contributed by atoms with Gasteiger partial charge in [-0.2, -0.15) is 0 Å². The van der Waals surface area contributed by atoms with Gasteiger partial charge in [0.15, 0.2) is 6.10 Å². The molecule has 1 atom stereocenters. The molecular formula is C22H21N3O6. The summed E-state index contributed by atoms with van der Waals surface area (Å²) in [5, 5.41) is 11.2. The van der Waals surface area contributed by atoms with E-state index in [9.17, 15) is 24.5 Å². The lowest BCUT2D eigenvalue weighted by Crippen LogP contribution is -2.49. The van der Waals surface area contributed by atoms with Gasteiger partial charge in [0.25, 0.3) is 23.4 Å². The van der Waals surface area contributed by atoms with Gasteiger partial charge in [-0.3, -0.25) is 29.4 Å². The fourth-order valence-electron chi connectivity index (χ4n) is 3.87. The molecular weight excluding hydrogens is 402 g/mol. The molecule has 0 aliphatic carbocycles. The highest BCUT2D eigenvalue weighted by atomic mass is 16.6. The third-order valence-corrected chi connectivity index (χ3v) is 5.45. The smallest absolute Gasteiger partial charge is 0.271 e. The zero-order valence-corrected chi connectivity index (χ0v) is 17.1. The summed E-state index contributed by atoms with van der Waals surface area (Å²) >= 11 is 0.